The van der Waals surface area contributed by atoms with Gasteiger partial charge >= 0.3 is 0 Å². The van der Waals surface area contributed by atoms with Gasteiger partial charge in [-0.2, -0.15) is 0 Å². The molecule has 7 nitrogen and oxygen atoms in total. The first-order valence-corrected chi connectivity index (χ1v) is 14.6. The number of hydrogen-bond donors (Lipinski definition) is 0. The standard InChI is InChI=1S/C26H34N2O5Si/c1-25(2,3)34(6,7)33-26-18(14-11-15-19(26)29)21(28(4)5)22-20(23(26)30)24(27-32-22)31-16-17-12-9-8-10-13-17/h8-13,15,18,21H,14,16H2,1-7H3/t18-,21+,26-/m1/s1. The number of ether oxygens (including phenoxy) is 1. The van der Waals surface area contributed by atoms with Gasteiger partial charge in [-0.3, -0.25) is 14.5 Å². The third kappa shape index (κ3) is 3.87. The lowest BCUT2D eigenvalue weighted by Gasteiger charge is -2.51. The molecular formula is C26H34N2O5Si. The first-order valence-electron chi connectivity index (χ1n) is 11.7. The Hall–Kier alpha value is -2.55. The molecule has 0 aliphatic heterocycles. The van der Waals surface area contributed by atoms with Crippen molar-refractivity contribution in [3.63, 3.8) is 0 Å². The highest BCUT2D eigenvalue weighted by atomic mass is 28.4. The van der Waals surface area contributed by atoms with E-state index in [0.29, 0.717) is 12.2 Å². The molecule has 1 aromatic heterocycles. The molecule has 2 aliphatic rings. The van der Waals surface area contributed by atoms with Crippen molar-refractivity contribution in [2.75, 3.05) is 14.1 Å². The van der Waals surface area contributed by atoms with Gasteiger partial charge in [-0.1, -0.05) is 57.2 Å². The van der Waals surface area contributed by atoms with Crippen molar-refractivity contribution in [1.29, 1.82) is 0 Å². The highest BCUT2D eigenvalue weighted by molar-refractivity contribution is 6.74. The molecule has 182 valence electrons. The molecule has 1 aromatic carbocycles. The molecule has 0 bridgehead atoms. The van der Waals surface area contributed by atoms with Gasteiger partial charge in [0.1, 0.15) is 12.2 Å². The highest BCUT2D eigenvalue weighted by Crippen LogP contribution is 2.53. The Morgan fingerprint density at radius 2 is 1.85 bits per heavy atom. The Kier molecular flexibility index (Phi) is 6.21. The van der Waals surface area contributed by atoms with E-state index in [9.17, 15) is 9.59 Å². The zero-order chi connectivity index (χ0) is 24.9. The van der Waals surface area contributed by atoms with Crippen LogP contribution in [-0.4, -0.2) is 49.6 Å². The van der Waals surface area contributed by atoms with Crippen LogP contribution in [0.1, 0.15) is 54.9 Å². The summed E-state index contributed by atoms with van der Waals surface area (Å²) < 4.78 is 18.5. The molecule has 2 aliphatic carbocycles. The van der Waals surface area contributed by atoms with Crippen LogP contribution in [0.5, 0.6) is 5.88 Å². The molecule has 0 saturated heterocycles. The maximum absolute atomic E-state index is 14.3. The largest absolute Gasteiger partial charge is 0.470 e. The number of hydrogen-bond acceptors (Lipinski definition) is 7. The van der Waals surface area contributed by atoms with E-state index >= 15 is 0 Å². The second-order valence-corrected chi connectivity index (χ2v) is 15.7. The molecule has 0 unspecified atom stereocenters. The topological polar surface area (TPSA) is 81.9 Å². The Labute approximate surface area is 202 Å². The number of carbonyl (C=O) groups is 2. The van der Waals surface area contributed by atoms with Crippen LogP contribution in [-0.2, 0) is 15.8 Å². The van der Waals surface area contributed by atoms with Crippen molar-refractivity contribution in [3.05, 3.63) is 59.4 Å². The number of ketones is 2. The number of aromatic nitrogens is 1. The average molecular weight is 483 g/mol. The van der Waals surface area contributed by atoms with Crippen LogP contribution in [0.25, 0.3) is 0 Å². The third-order valence-electron chi connectivity index (χ3n) is 7.45. The van der Waals surface area contributed by atoms with E-state index in [1.165, 1.54) is 6.08 Å². The van der Waals surface area contributed by atoms with Crippen molar-refractivity contribution >= 4 is 19.9 Å². The molecule has 0 saturated carbocycles. The molecule has 0 radical (unpaired) electrons. The van der Waals surface area contributed by atoms with Crippen molar-refractivity contribution in [3.8, 4) is 5.88 Å². The Morgan fingerprint density at radius 3 is 2.47 bits per heavy atom. The van der Waals surface area contributed by atoms with Gasteiger partial charge < -0.3 is 13.7 Å². The van der Waals surface area contributed by atoms with Crippen molar-refractivity contribution in [1.82, 2.24) is 10.1 Å². The predicted molar refractivity (Wildman–Crippen MR) is 131 cm³/mol. The molecule has 1 heterocycles. The number of fused-ring (bicyclic) bond motifs is 2. The van der Waals surface area contributed by atoms with Crippen molar-refractivity contribution in [2.24, 2.45) is 5.92 Å². The van der Waals surface area contributed by atoms with Crippen molar-refractivity contribution in [2.45, 2.75) is 63.6 Å². The summed E-state index contributed by atoms with van der Waals surface area (Å²) in [6.07, 6.45) is 3.85. The number of Topliss-reactive ketones (excluding diaryl/α,β-unsaturated/α-hetero) is 1. The molecule has 0 spiro atoms. The maximum atomic E-state index is 14.3. The molecule has 0 amide bonds. The fraction of sp³-hybridized carbons (Fsp3) is 0.500. The molecule has 3 atom stereocenters. The van der Waals surface area contributed by atoms with E-state index < -0.39 is 25.6 Å². The normalized spacial score (nSPS) is 24.8. The van der Waals surface area contributed by atoms with Gasteiger partial charge in [-0.15, -0.1) is 0 Å². The first-order chi connectivity index (χ1) is 15.9. The van der Waals surface area contributed by atoms with Crippen molar-refractivity contribution < 1.29 is 23.3 Å². The first kappa shape index (κ1) is 24.6. The number of nitrogens with zero attached hydrogens (tertiary/aromatic N) is 2. The smallest absolute Gasteiger partial charge is 0.265 e. The molecule has 2 aromatic rings. The second kappa shape index (κ2) is 8.59. The van der Waals surface area contributed by atoms with E-state index in [2.05, 4.69) is 39.0 Å². The Balaban J connectivity index is 1.84. The lowest BCUT2D eigenvalue weighted by atomic mass is 9.65. The van der Waals surface area contributed by atoms with E-state index in [1.807, 2.05) is 55.4 Å². The Bertz CT molecular complexity index is 1120. The van der Waals surface area contributed by atoms with Gasteiger partial charge in [0.15, 0.2) is 25.5 Å². The van der Waals surface area contributed by atoms with Gasteiger partial charge in [-0.05, 0) is 55.4 Å². The summed E-state index contributed by atoms with van der Waals surface area (Å²) in [6, 6.07) is 9.27. The van der Waals surface area contributed by atoms with Gasteiger partial charge in [0.25, 0.3) is 5.88 Å². The van der Waals surface area contributed by atoms with Crippen LogP contribution < -0.4 is 4.74 Å². The number of allylic oxidation sites excluding steroid dienone is 1. The fourth-order valence-electron chi connectivity index (χ4n) is 4.64. The van der Waals surface area contributed by atoms with Gasteiger partial charge in [-0.25, -0.2) is 0 Å². The zero-order valence-corrected chi connectivity index (χ0v) is 22.0. The summed E-state index contributed by atoms with van der Waals surface area (Å²) in [5.74, 6) is -0.611. The lowest BCUT2D eigenvalue weighted by molar-refractivity contribution is -0.135. The summed E-state index contributed by atoms with van der Waals surface area (Å²) in [5.41, 5.74) is -0.475. The SMILES string of the molecule is CN(C)[C@@H]1c2onc(OCc3ccccc3)c2C(=O)[C@]2(O[Si](C)(C)C(C)(C)C)C(=O)C=CC[C@H]12. The van der Waals surface area contributed by atoms with Crippen LogP contribution in [0.2, 0.25) is 18.1 Å². The maximum Gasteiger partial charge on any atom is 0.265 e. The predicted octanol–water partition coefficient (Wildman–Crippen LogP) is 4.96. The molecular weight excluding hydrogens is 448 g/mol. The van der Waals surface area contributed by atoms with E-state index in [-0.39, 0.29) is 34.9 Å². The van der Waals surface area contributed by atoms with Gasteiger partial charge in [0, 0.05) is 5.92 Å². The summed E-state index contributed by atoms with van der Waals surface area (Å²) >= 11 is 0. The molecule has 0 fully saturated rings. The highest BCUT2D eigenvalue weighted by Gasteiger charge is 2.65. The van der Waals surface area contributed by atoms with Crippen LogP contribution in [0.15, 0.2) is 47.0 Å². The Morgan fingerprint density at radius 1 is 1.18 bits per heavy atom. The molecule has 4 rings (SSSR count). The molecule has 8 heteroatoms. The minimum atomic E-state index is -2.53. The van der Waals surface area contributed by atoms with Crippen LogP contribution in [0, 0.1) is 5.92 Å². The molecule has 0 N–H and O–H groups in total. The summed E-state index contributed by atoms with van der Waals surface area (Å²) in [6.45, 7) is 10.7. The summed E-state index contributed by atoms with van der Waals surface area (Å²) in [7, 11) is 1.29. The minimum Gasteiger partial charge on any atom is -0.470 e. The quantitative estimate of drug-likeness (QED) is 0.425. The van der Waals surface area contributed by atoms with Crippen LogP contribution in [0.3, 0.4) is 0 Å². The second-order valence-electron chi connectivity index (χ2n) is 10.9. The van der Waals surface area contributed by atoms with E-state index in [0.717, 1.165) is 5.56 Å². The zero-order valence-electron chi connectivity index (χ0n) is 21.0. The van der Waals surface area contributed by atoms with Gasteiger partial charge in [0.2, 0.25) is 5.78 Å². The fourth-order valence-corrected chi connectivity index (χ4v) is 6.09. The van der Waals surface area contributed by atoms with Gasteiger partial charge in [0.05, 0.1) is 6.04 Å². The van der Waals surface area contributed by atoms with E-state index in [1.54, 1.807) is 0 Å². The average Bonchev–Trinajstić information content (AvgIpc) is 3.17. The van der Waals surface area contributed by atoms with E-state index in [4.69, 9.17) is 13.7 Å². The number of rotatable bonds is 6. The van der Waals surface area contributed by atoms with Crippen LogP contribution in [0.4, 0.5) is 0 Å². The lowest BCUT2D eigenvalue weighted by Crippen LogP contribution is -2.65. The summed E-state index contributed by atoms with van der Waals surface area (Å²) in [5, 5.41) is 3.94. The number of benzene rings is 1. The summed E-state index contributed by atoms with van der Waals surface area (Å²) in [4.78, 5) is 29.9. The molecule has 34 heavy (non-hydrogen) atoms. The third-order valence-corrected chi connectivity index (χ3v) is 11.9. The number of carbonyl (C=O) groups excluding carboxylic acids is 2. The van der Waals surface area contributed by atoms with Crippen LogP contribution >= 0.6 is 0 Å². The minimum absolute atomic E-state index is 0.106. The monoisotopic (exact) mass is 482 g/mol.